The van der Waals surface area contributed by atoms with Crippen molar-refractivity contribution in [1.82, 2.24) is 0 Å². The van der Waals surface area contributed by atoms with Gasteiger partial charge in [-0.1, -0.05) is 38.7 Å². The quantitative estimate of drug-likeness (QED) is 0.407. The first-order valence-corrected chi connectivity index (χ1v) is 6.40. The molecule has 0 saturated carbocycles. The maximum Gasteiger partial charge on any atom is 0.0516 e. The summed E-state index contributed by atoms with van der Waals surface area (Å²) in [5.74, 6) is 0. The van der Waals surface area contributed by atoms with Crippen LogP contribution in [0.1, 0.15) is 32.6 Å². The third-order valence-corrected chi connectivity index (χ3v) is 3.40. The molecule has 0 rings (SSSR count). The predicted octanol–water partition coefficient (Wildman–Crippen LogP) is 1.76. The molecular formula is C8H20OSi. The molecule has 0 aliphatic carbocycles. The molecular weight excluding hydrogens is 140 g/mol. The summed E-state index contributed by atoms with van der Waals surface area (Å²) < 4.78 is 5.01. The minimum absolute atomic E-state index is 0.161. The van der Waals surface area contributed by atoms with Crippen LogP contribution in [0.5, 0.6) is 0 Å². The first-order chi connectivity index (χ1) is 4.91. The van der Waals surface area contributed by atoms with Crippen LogP contribution in [-0.4, -0.2) is 22.9 Å². The van der Waals surface area contributed by atoms with Gasteiger partial charge >= 0.3 is 0 Å². The molecule has 0 unspecified atom stereocenters. The maximum atomic E-state index is 5.01. The average molecular weight is 160 g/mol. The van der Waals surface area contributed by atoms with Gasteiger partial charge in [-0.15, -0.1) is 0 Å². The summed E-state index contributed by atoms with van der Waals surface area (Å²) in [7, 11) is 1.97. The van der Waals surface area contributed by atoms with E-state index < -0.39 is 0 Å². The lowest BCUT2D eigenvalue weighted by Gasteiger charge is -1.97. The summed E-state index contributed by atoms with van der Waals surface area (Å²) in [5, 5.41) is 0. The van der Waals surface area contributed by atoms with Gasteiger partial charge in [-0.3, -0.25) is 0 Å². The SMILES string of the molecule is CCCCCC[SiH2]COC. The van der Waals surface area contributed by atoms with Gasteiger partial charge in [-0.25, -0.2) is 0 Å². The lowest BCUT2D eigenvalue weighted by Crippen LogP contribution is -1.99. The Hall–Kier alpha value is 0.177. The van der Waals surface area contributed by atoms with Crippen molar-refractivity contribution in [3.05, 3.63) is 0 Å². The summed E-state index contributed by atoms with van der Waals surface area (Å²) in [4.78, 5) is 0. The molecule has 2 heteroatoms. The Bertz CT molecular complexity index is 49.2. The average Bonchev–Trinajstić information content (AvgIpc) is 1.97. The smallest absolute Gasteiger partial charge is 0.0516 e. The Morgan fingerprint density at radius 3 is 2.60 bits per heavy atom. The minimum Gasteiger partial charge on any atom is -0.389 e. The van der Waals surface area contributed by atoms with Crippen molar-refractivity contribution < 1.29 is 4.74 Å². The molecule has 0 aliphatic heterocycles. The molecule has 0 saturated heterocycles. The molecule has 10 heavy (non-hydrogen) atoms. The molecule has 0 aromatic rings. The van der Waals surface area contributed by atoms with Crippen molar-refractivity contribution in [3.8, 4) is 0 Å². The van der Waals surface area contributed by atoms with Crippen LogP contribution in [0.25, 0.3) is 0 Å². The van der Waals surface area contributed by atoms with E-state index in [1.165, 1.54) is 31.7 Å². The van der Waals surface area contributed by atoms with E-state index in [0.29, 0.717) is 0 Å². The van der Waals surface area contributed by atoms with E-state index in [1.807, 2.05) is 0 Å². The second-order valence-electron chi connectivity index (χ2n) is 2.76. The molecule has 0 aromatic heterocycles. The third-order valence-electron chi connectivity index (χ3n) is 1.70. The maximum absolute atomic E-state index is 5.01. The number of unbranched alkanes of at least 4 members (excludes halogenated alkanes) is 3. The first kappa shape index (κ1) is 10.2. The monoisotopic (exact) mass is 160 g/mol. The molecule has 0 fully saturated rings. The fraction of sp³-hybridized carbons (Fsp3) is 1.00. The molecule has 0 amide bonds. The molecule has 0 aromatic carbocycles. The van der Waals surface area contributed by atoms with Crippen LogP contribution in [0.2, 0.25) is 6.04 Å². The topological polar surface area (TPSA) is 9.23 Å². The molecule has 0 aliphatic rings. The van der Waals surface area contributed by atoms with Gasteiger partial charge < -0.3 is 4.74 Å². The van der Waals surface area contributed by atoms with Crippen molar-refractivity contribution in [2.45, 2.75) is 38.7 Å². The predicted molar refractivity (Wildman–Crippen MR) is 49.4 cm³/mol. The van der Waals surface area contributed by atoms with E-state index in [1.54, 1.807) is 7.11 Å². The van der Waals surface area contributed by atoms with E-state index in [9.17, 15) is 0 Å². The van der Waals surface area contributed by atoms with Gasteiger partial charge in [0.05, 0.1) is 9.52 Å². The normalized spacial score (nSPS) is 11.4. The van der Waals surface area contributed by atoms with Crippen molar-refractivity contribution in [2.24, 2.45) is 0 Å². The molecule has 0 atom stereocenters. The Labute approximate surface area is 67.0 Å². The first-order valence-electron chi connectivity index (χ1n) is 4.40. The van der Waals surface area contributed by atoms with E-state index in [4.69, 9.17) is 4.74 Å². The van der Waals surface area contributed by atoms with Gasteiger partial charge in [0.15, 0.2) is 0 Å². The highest BCUT2D eigenvalue weighted by Crippen LogP contribution is 2.01. The highest BCUT2D eigenvalue weighted by atomic mass is 28.2. The van der Waals surface area contributed by atoms with Gasteiger partial charge in [0.2, 0.25) is 0 Å². The van der Waals surface area contributed by atoms with Crippen LogP contribution >= 0.6 is 0 Å². The van der Waals surface area contributed by atoms with Crippen molar-refractivity contribution in [1.29, 1.82) is 0 Å². The summed E-state index contributed by atoms with van der Waals surface area (Å²) in [5.41, 5.74) is 0. The molecule has 0 bridgehead atoms. The van der Waals surface area contributed by atoms with Gasteiger partial charge in [-0.05, 0) is 0 Å². The van der Waals surface area contributed by atoms with Crippen molar-refractivity contribution in [3.63, 3.8) is 0 Å². The van der Waals surface area contributed by atoms with Crippen LogP contribution in [-0.2, 0) is 4.74 Å². The highest BCUT2D eigenvalue weighted by Gasteiger charge is 1.88. The number of ether oxygens (including phenoxy) is 1. The van der Waals surface area contributed by atoms with E-state index in [0.717, 1.165) is 6.23 Å². The molecule has 1 nitrogen and oxygen atoms in total. The molecule has 0 N–H and O–H groups in total. The van der Waals surface area contributed by atoms with Gasteiger partial charge in [-0.2, -0.15) is 0 Å². The fourth-order valence-electron chi connectivity index (χ4n) is 1.03. The number of hydrogen-bond donors (Lipinski definition) is 0. The van der Waals surface area contributed by atoms with Crippen molar-refractivity contribution >= 4 is 9.52 Å². The van der Waals surface area contributed by atoms with Crippen LogP contribution in [0.15, 0.2) is 0 Å². The summed E-state index contributed by atoms with van der Waals surface area (Å²) in [6.45, 7) is 2.26. The number of rotatable bonds is 7. The molecule has 0 spiro atoms. The fourth-order valence-corrected chi connectivity index (χ4v) is 2.23. The Morgan fingerprint density at radius 2 is 2.00 bits per heavy atom. The van der Waals surface area contributed by atoms with E-state index >= 15 is 0 Å². The van der Waals surface area contributed by atoms with Crippen molar-refractivity contribution in [2.75, 3.05) is 13.3 Å². The van der Waals surface area contributed by atoms with Crippen LogP contribution in [0, 0.1) is 0 Å². The standard InChI is InChI=1S/C8H20OSi/c1-3-4-5-6-7-10-8-9-2/h3-8,10H2,1-2H3. The Kier molecular flexibility index (Phi) is 9.34. The zero-order chi connectivity index (χ0) is 7.66. The molecule has 0 radical (unpaired) electrons. The van der Waals surface area contributed by atoms with Gasteiger partial charge in [0, 0.05) is 13.3 Å². The largest absolute Gasteiger partial charge is 0.389 e. The minimum atomic E-state index is 0.161. The van der Waals surface area contributed by atoms with Crippen LogP contribution in [0.4, 0.5) is 0 Å². The Balaban J connectivity index is 2.65. The summed E-state index contributed by atoms with van der Waals surface area (Å²) in [6.07, 6.45) is 6.73. The third kappa shape index (κ3) is 8.18. The zero-order valence-corrected chi connectivity index (χ0v) is 8.77. The second kappa shape index (κ2) is 9.18. The number of hydrogen-bond acceptors (Lipinski definition) is 1. The van der Waals surface area contributed by atoms with Crippen LogP contribution < -0.4 is 0 Å². The zero-order valence-electron chi connectivity index (χ0n) is 7.36. The summed E-state index contributed by atoms with van der Waals surface area (Å²) >= 11 is 0. The van der Waals surface area contributed by atoms with E-state index in [2.05, 4.69) is 6.92 Å². The second-order valence-corrected chi connectivity index (χ2v) is 4.58. The molecule has 0 heterocycles. The van der Waals surface area contributed by atoms with Crippen LogP contribution in [0.3, 0.4) is 0 Å². The highest BCUT2D eigenvalue weighted by molar-refractivity contribution is 6.35. The lowest BCUT2D eigenvalue weighted by molar-refractivity contribution is 0.251. The van der Waals surface area contributed by atoms with Gasteiger partial charge in [0.25, 0.3) is 0 Å². The Morgan fingerprint density at radius 1 is 1.20 bits per heavy atom. The van der Waals surface area contributed by atoms with Gasteiger partial charge in [0.1, 0.15) is 0 Å². The lowest BCUT2D eigenvalue weighted by atomic mass is 10.2. The molecule has 62 valence electrons. The number of methoxy groups -OCH3 is 1. The summed E-state index contributed by atoms with van der Waals surface area (Å²) in [6, 6.07) is 1.48. The van der Waals surface area contributed by atoms with E-state index in [-0.39, 0.29) is 9.52 Å².